The number of aliphatic carboxylic acids is 1. The number of hydrogen-bond acceptors (Lipinski definition) is 6. The molecule has 19 heavy (non-hydrogen) atoms. The monoisotopic (exact) mass is 273 g/mol. The van der Waals surface area contributed by atoms with Gasteiger partial charge in [0.25, 0.3) is 0 Å². The Labute approximate surface area is 110 Å². The van der Waals surface area contributed by atoms with E-state index in [0.29, 0.717) is 6.54 Å². The first-order chi connectivity index (χ1) is 9.02. The minimum absolute atomic E-state index is 0.106. The lowest BCUT2D eigenvalue weighted by atomic mass is 10.1. The van der Waals surface area contributed by atoms with Crippen molar-refractivity contribution >= 4 is 17.7 Å². The van der Waals surface area contributed by atoms with Gasteiger partial charge in [-0.2, -0.15) is 0 Å². The molecule has 0 aromatic carbocycles. The van der Waals surface area contributed by atoms with E-state index in [1.165, 1.54) is 0 Å². The molecule has 0 bridgehead atoms. The van der Waals surface area contributed by atoms with Crippen LogP contribution >= 0.6 is 0 Å². The van der Waals surface area contributed by atoms with Gasteiger partial charge in [-0.3, -0.25) is 14.4 Å². The smallest absolute Gasteiger partial charge is 0.320 e. The van der Waals surface area contributed by atoms with Crippen molar-refractivity contribution in [1.82, 2.24) is 10.6 Å². The topological polar surface area (TPSA) is 131 Å². The summed E-state index contributed by atoms with van der Waals surface area (Å²) in [5, 5.41) is 13.9. The number of ether oxygens (including phenoxy) is 1. The fraction of sp³-hybridized carbons (Fsp3) is 0.727. The fourth-order valence-corrected chi connectivity index (χ4v) is 1.62. The molecule has 1 rings (SSSR count). The van der Waals surface area contributed by atoms with Crippen LogP contribution in [0.2, 0.25) is 0 Å². The molecule has 108 valence electrons. The zero-order valence-corrected chi connectivity index (χ0v) is 10.6. The Morgan fingerprint density at radius 1 is 1.53 bits per heavy atom. The molecule has 8 heteroatoms. The Kier molecular flexibility index (Phi) is 6.40. The third-order valence-corrected chi connectivity index (χ3v) is 2.79. The zero-order valence-electron chi connectivity index (χ0n) is 10.6. The van der Waals surface area contributed by atoms with Crippen LogP contribution in [0.1, 0.15) is 6.42 Å². The van der Waals surface area contributed by atoms with Gasteiger partial charge in [-0.25, -0.2) is 0 Å². The molecule has 0 aromatic rings. The molecule has 1 aliphatic heterocycles. The number of hydrogen-bond donors (Lipinski definition) is 4. The van der Waals surface area contributed by atoms with Crippen LogP contribution in [0.25, 0.3) is 0 Å². The maximum absolute atomic E-state index is 11.6. The molecule has 5 N–H and O–H groups in total. The molecular weight excluding hydrogens is 254 g/mol. The minimum atomic E-state index is -1.07. The van der Waals surface area contributed by atoms with E-state index in [4.69, 9.17) is 15.6 Å². The van der Waals surface area contributed by atoms with Gasteiger partial charge < -0.3 is 26.2 Å². The maximum Gasteiger partial charge on any atom is 0.320 e. The molecule has 0 spiro atoms. The Morgan fingerprint density at radius 3 is 2.84 bits per heavy atom. The number of carboxylic acids is 1. The average Bonchev–Trinajstić information content (AvgIpc) is 2.79. The van der Waals surface area contributed by atoms with Gasteiger partial charge in [-0.05, 0) is 6.42 Å². The molecule has 1 fully saturated rings. The zero-order chi connectivity index (χ0) is 14.3. The third-order valence-electron chi connectivity index (χ3n) is 2.79. The summed E-state index contributed by atoms with van der Waals surface area (Å²) < 4.78 is 5.14. The molecule has 8 nitrogen and oxygen atoms in total. The molecular formula is C11H19N3O5. The largest absolute Gasteiger partial charge is 0.480 e. The van der Waals surface area contributed by atoms with Gasteiger partial charge in [-0.1, -0.05) is 0 Å². The van der Waals surface area contributed by atoms with Gasteiger partial charge >= 0.3 is 5.97 Å². The number of carboxylic acid groups (broad SMARTS) is 1. The fourth-order valence-electron chi connectivity index (χ4n) is 1.62. The molecule has 1 amide bonds. The van der Waals surface area contributed by atoms with E-state index in [9.17, 15) is 14.4 Å². The van der Waals surface area contributed by atoms with Gasteiger partial charge in [0.05, 0.1) is 13.2 Å². The number of ketones is 1. The van der Waals surface area contributed by atoms with E-state index in [2.05, 4.69) is 10.6 Å². The molecule has 2 unspecified atom stereocenters. The van der Waals surface area contributed by atoms with Crippen molar-refractivity contribution in [2.24, 2.45) is 11.7 Å². The van der Waals surface area contributed by atoms with Crippen LogP contribution in [-0.4, -0.2) is 61.7 Å². The molecule has 0 aliphatic carbocycles. The predicted molar refractivity (Wildman–Crippen MR) is 65.4 cm³/mol. The molecule has 0 radical (unpaired) electrons. The van der Waals surface area contributed by atoms with Crippen LogP contribution in [0.15, 0.2) is 0 Å². The number of amides is 1. The van der Waals surface area contributed by atoms with E-state index >= 15 is 0 Å². The summed E-state index contributed by atoms with van der Waals surface area (Å²) in [6.45, 7) is 1.37. The van der Waals surface area contributed by atoms with Gasteiger partial charge in [0, 0.05) is 19.7 Å². The van der Waals surface area contributed by atoms with Gasteiger partial charge in [0.15, 0.2) is 5.78 Å². The van der Waals surface area contributed by atoms with Crippen molar-refractivity contribution in [3.63, 3.8) is 0 Å². The number of carbonyl (C=O) groups excluding carboxylic acids is 2. The van der Waals surface area contributed by atoms with Crippen LogP contribution in [0, 0.1) is 5.92 Å². The lowest BCUT2D eigenvalue weighted by Crippen LogP contribution is -2.37. The van der Waals surface area contributed by atoms with Crippen LogP contribution < -0.4 is 16.4 Å². The van der Waals surface area contributed by atoms with Crippen molar-refractivity contribution in [3.05, 3.63) is 0 Å². The summed E-state index contributed by atoms with van der Waals surface area (Å²) in [4.78, 5) is 33.2. The van der Waals surface area contributed by atoms with Crippen molar-refractivity contribution in [3.8, 4) is 0 Å². The summed E-state index contributed by atoms with van der Waals surface area (Å²) in [5.74, 6) is -2.09. The van der Waals surface area contributed by atoms with Gasteiger partial charge in [-0.15, -0.1) is 0 Å². The van der Waals surface area contributed by atoms with E-state index in [-0.39, 0.29) is 44.4 Å². The third kappa shape index (κ3) is 5.33. The van der Waals surface area contributed by atoms with Crippen LogP contribution in [0.5, 0.6) is 0 Å². The van der Waals surface area contributed by atoms with Crippen molar-refractivity contribution in [2.45, 2.75) is 12.5 Å². The highest BCUT2D eigenvalue weighted by atomic mass is 16.5. The van der Waals surface area contributed by atoms with Crippen LogP contribution in [0.4, 0.5) is 0 Å². The first kappa shape index (κ1) is 15.5. The highest BCUT2D eigenvalue weighted by molar-refractivity contribution is 6.03. The maximum atomic E-state index is 11.6. The van der Waals surface area contributed by atoms with Crippen molar-refractivity contribution in [2.75, 3.05) is 32.8 Å². The molecule has 2 atom stereocenters. The molecule has 0 saturated carbocycles. The quantitative estimate of drug-likeness (QED) is 0.289. The average molecular weight is 273 g/mol. The Balaban J connectivity index is 2.03. The first-order valence-corrected chi connectivity index (χ1v) is 6.09. The summed E-state index contributed by atoms with van der Waals surface area (Å²) in [7, 11) is 0. The second kappa shape index (κ2) is 7.82. The van der Waals surface area contributed by atoms with E-state index in [0.717, 1.165) is 0 Å². The summed E-state index contributed by atoms with van der Waals surface area (Å²) >= 11 is 0. The van der Waals surface area contributed by atoms with Gasteiger partial charge in [0.1, 0.15) is 12.0 Å². The number of carbonyl (C=O) groups is 3. The number of rotatable bonds is 8. The Hall–Kier alpha value is -1.51. The summed E-state index contributed by atoms with van der Waals surface area (Å²) in [5.41, 5.74) is 5.28. The SMILES string of the molecule is NC(CCOCCNC(=O)C1CNCC1=O)C(=O)O. The van der Waals surface area contributed by atoms with Crippen LogP contribution in [-0.2, 0) is 19.1 Å². The van der Waals surface area contributed by atoms with Crippen LogP contribution in [0.3, 0.4) is 0 Å². The summed E-state index contributed by atoms with van der Waals surface area (Å²) in [6, 6.07) is -0.934. The van der Waals surface area contributed by atoms with E-state index in [1.807, 2.05) is 0 Å². The lowest BCUT2D eigenvalue weighted by Gasteiger charge is -2.10. The summed E-state index contributed by atoms with van der Waals surface area (Å²) in [6.07, 6.45) is 0.217. The molecule has 1 saturated heterocycles. The van der Waals surface area contributed by atoms with E-state index < -0.39 is 17.9 Å². The number of Topliss-reactive ketones (excluding diaryl/α,β-unsaturated/α-hetero) is 1. The minimum Gasteiger partial charge on any atom is -0.480 e. The van der Waals surface area contributed by atoms with Crippen molar-refractivity contribution in [1.29, 1.82) is 0 Å². The lowest BCUT2D eigenvalue weighted by molar-refractivity contribution is -0.139. The first-order valence-electron chi connectivity index (χ1n) is 6.09. The predicted octanol–water partition coefficient (Wildman–Crippen LogP) is -2.29. The molecule has 0 aromatic heterocycles. The van der Waals surface area contributed by atoms with Gasteiger partial charge in [0.2, 0.25) is 5.91 Å². The number of nitrogens with two attached hydrogens (primary N) is 1. The Morgan fingerprint density at radius 2 is 2.26 bits per heavy atom. The second-order valence-electron chi connectivity index (χ2n) is 4.29. The Bertz CT molecular complexity index is 347. The van der Waals surface area contributed by atoms with Crippen molar-refractivity contribution < 1.29 is 24.2 Å². The highest BCUT2D eigenvalue weighted by Crippen LogP contribution is 2.02. The normalized spacial score (nSPS) is 20.3. The second-order valence-corrected chi connectivity index (χ2v) is 4.29. The standard InChI is InChI=1S/C11H19N3O5/c12-8(11(17)18)1-3-19-4-2-14-10(16)7-5-13-6-9(7)15/h7-8,13H,1-6,12H2,(H,14,16)(H,17,18). The molecule has 1 aliphatic rings. The molecule has 1 heterocycles. The number of nitrogens with one attached hydrogen (secondary N) is 2. The highest BCUT2D eigenvalue weighted by Gasteiger charge is 2.30. The van der Waals surface area contributed by atoms with E-state index in [1.54, 1.807) is 0 Å².